The van der Waals surface area contributed by atoms with Crippen molar-refractivity contribution in [2.75, 3.05) is 12.8 Å². The van der Waals surface area contributed by atoms with Gasteiger partial charge in [0.15, 0.2) is 0 Å². The summed E-state index contributed by atoms with van der Waals surface area (Å²) < 4.78 is 0. The number of thioether (sulfide) groups is 1. The topological polar surface area (TPSA) is 35.8 Å². The molecule has 0 heterocycles. The summed E-state index contributed by atoms with van der Waals surface area (Å²) in [5, 5.41) is 12.8. The molecule has 1 N–H and O–H groups in total. The second kappa shape index (κ2) is 7.31. The molecule has 108 valence electrons. The molecule has 0 aliphatic heterocycles. The Kier molecular flexibility index (Phi) is 5.44. The minimum absolute atomic E-state index is 0.612. The van der Waals surface area contributed by atoms with E-state index in [1.54, 1.807) is 11.8 Å². The summed E-state index contributed by atoms with van der Waals surface area (Å²) in [5.41, 5.74) is 1.68. The van der Waals surface area contributed by atoms with Crippen LogP contribution >= 0.6 is 11.8 Å². The van der Waals surface area contributed by atoms with E-state index < -0.39 is 5.54 Å². The second-order valence-corrected chi connectivity index (χ2v) is 6.21. The maximum atomic E-state index is 9.64. The molecule has 0 aromatic heterocycles. The van der Waals surface area contributed by atoms with Crippen molar-refractivity contribution >= 4 is 11.8 Å². The van der Waals surface area contributed by atoms with E-state index >= 15 is 0 Å². The number of benzene rings is 2. The van der Waals surface area contributed by atoms with E-state index in [1.165, 1.54) is 10.5 Å². The summed E-state index contributed by atoms with van der Waals surface area (Å²) in [5.74, 6) is 0.895. The Morgan fingerprint density at radius 1 is 1.10 bits per heavy atom. The molecule has 0 fully saturated rings. The third kappa shape index (κ3) is 3.87. The van der Waals surface area contributed by atoms with Crippen LogP contribution in [0.25, 0.3) is 0 Å². The van der Waals surface area contributed by atoms with Crippen LogP contribution in [0, 0.1) is 18.3 Å². The van der Waals surface area contributed by atoms with Crippen LogP contribution in [0.3, 0.4) is 0 Å². The average Bonchev–Trinajstić information content (AvgIpc) is 2.55. The molecule has 0 aliphatic rings. The Labute approximate surface area is 131 Å². The average molecular weight is 296 g/mol. The number of nitrogens with zero attached hydrogens (tertiary/aromatic N) is 1. The maximum absolute atomic E-state index is 9.64. The number of nitrogens with one attached hydrogen (secondary N) is 1. The molecule has 2 nitrogen and oxygen atoms in total. The molecule has 3 heteroatoms. The van der Waals surface area contributed by atoms with Crippen LogP contribution in [-0.4, -0.2) is 12.8 Å². The van der Waals surface area contributed by atoms with Gasteiger partial charge in [0.25, 0.3) is 0 Å². The molecule has 1 atom stereocenters. The summed E-state index contributed by atoms with van der Waals surface area (Å²) >= 11 is 1.79. The lowest BCUT2D eigenvalue weighted by Crippen LogP contribution is -2.39. The zero-order valence-electron chi connectivity index (χ0n) is 12.5. The smallest absolute Gasteiger partial charge is 0.132 e. The van der Waals surface area contributed by atoms with Gasteiger partial charge in [0.05, 0.1) is 6.07 Å². The maximum Gasteiger partial charge on any atom is 0.132 e. The first-order valence-corrected chi connectivity index (χ1v) is 8.04. The van der Waals surface area contributed by atoms with E-state index in [-0.39, 0.29) is 0 Å². The molecule has 0 amide bonds. The minimum atomic E-state index is -0.612. The molecule has 2 aromatic rings. The van der Waals surface area contributed by atoms with Gasteiger partial charge >= 0.3 is 0 Å². The van der Waals surface area contributed by atoms with Crippen molar-refractivity contribution in [1.29, 1.82) is 5.26 Å². The number of aryl methyl sites for hydroxylation is 1. The van der Waals surface area contributed by atoms with Crippen LogP contribution in [0.2, 0.25) is 0 Å². The van der Waals surface area contributed by atoms with Crippen molar-refractivity contribution in [3.05, 3.63) is 65.7 Å². The molecule has 0 bridgehead atoms. The standard InChI is InChI=1S/C18H20N2S/c1-15-8-10-17(11-9-15)21-13-12-18(14-19,20-2)16-6-4-3-5-7-16/h3-11,20H,12-13H2,1-2H3. The predicted molar refractivity (Wildman–Crippen MR) is 89.3 cm³/mol. The van der Waals surface area contributed by atoms with E-state index in [9.17, 15) is 5.26 Å². The molecule has 0 spiro atoms. The highest BCUT2D eigenvalue weighted by Gasteiger charge is 2.29. The predicted octanol–water partition coefficient (Wildman–Crippen LogP) is 4.12. The molecular weight excluding hydrogens is 276 g/mol. The van der Waals surface area contributed by atoms with Crippen LogP contribution in [0.5, 0.6) is 0 Å². The minimum Gasteiger partial charge on any atom is -0.299 e. The van der Waals surface area contributed by atoms with E-state index in [0.29, 0.717) is 0 Å². The van der Waals surface area contributed by atoms with Gasteiger partial charge < -0.3 is 0 Å². The van der Waals surface area contributed by atoms with Gasteiger partial charge in [0.2, 0.25) is 0 Å². The molecule has 0 aliphatic carbocycles. The van der Waals surface area contributed by atoms with Gasteiger partial charge in [-0.1, -0.05) is 48.0 Å². The number of rotatable bonds is 6. The molecule has 2 rings (SSSR count). The van der Waals surface area contributed by atoms with Gasteiger partial charge in [-0.2, -0.15) is 5.26 Å². The van der Waals surface area contributed by atoms with E-state index in [2.05, 4.69) is 42.6 Å². The fourth-order valence-electron chi connectivity index (χ4n) is 2.27. The summed E-state index contributed by atoms with van der Waals surface area (Å²) in [6.07, 6.45) is 0.766. The zero-order chi connectivity index (χ0) is 15.1. The summed E-state index contributed by atoms with van der Waals surface area (Å²) in [4.78, 5) is 1.25. The second-order valence-electron chi connectivity index (χ2n) is 5.04. The van der Waals surface area contributed by atoms with E-state index in [0.717, 1.165) is 17.7 Å². The quantitative estimate of drug-likeness (QED) is 0.815. The molecule has 1 unspecified atom stereocenters. The Morgan fingerprint density at radius 3 is 2.33 bits per heavy atom. The van der Waals surface area contributed by atoms with Gasteiger partial charge in [-0.15, -0.1) is 11.8 Å². The number of nitriles is 1. The third-order valence-electron chi connectivity index (χ3n) is 3.65. The summed E-state index contributed by atoms with van der Waals surface area (Å²) in [6, 6.07) is 20.9. The Bertz CT molecular complexity index is 601. The highest BCUT2D eigenvalue weighted by atomic mass is 32.2. The van der Waals surface area contributed by atoms with Crippen molar-refractivity contribution in [1.82, 2.24) is 5.32 Å². The lowest BCUT2D eigenvalue weighted by atomic mass is 9.89. The lowest BCUT2D eigenvalue weighted by molar-refractivity contribution is 0.457. The Morgan fingerprint density at radius 2 is 1.76 bits per heavy atom. The first-order valence-electron chi connectivity index (χ1n) is 7.05. The van der Waals surface area contributed by atoms with E-state index in [4.69, 9.17) is 0 Å². The fourth-order valence-corrected chi connectivity index (χ4v) is 3.24. The molecule has 21 heavy (non-hydrogen) atoms. The van der Waals surface area contributed by atoms with Gasteiger partial charge in [0, 0.05) is 10.6 Å². The monoisotopic (exact) mass is 296 g/mol. The summed E-state index contributed by atoms with van der Waals surface area (Å²) in [6.45, 7) is 2.09. The zero-order valence-corrected chi connectivity index (χ0v) is 13.3. The Hall–Kier alpha value is -1.76. The van der Waals surface area contributed by atoms with Gasteiger partial charge in [-0.3, -0.25) is 5.32 Å². The SMILES string of the molecule is CNC(C#N)(CCSc1ccc(C)cc1)c1ccccc1. The van der Waals surface area contributed by atoms with Crippen LogP contribution in [0.1, 0.15) is 17.5 Å². The van der Waals surface area contributed by atoms with E-state index in [1.807, 2.05) is 37.4 Å². The Balaban J connectivity index is 2.04. The highest BCUT2D eigenvalue weighted by molar-refractivity contribution is 7.99. The van der Waals surface area contributed by atoms with Crippen LogP contribution in [0.15, 0.2) is 59.5 Å². The number of hydrogen-bond acceptors (Lipinski definition) is 3. The van der Waals surface area contributed by atoms with Crippen molar-refractivity contribution < 1.29 is 0 Å². The van der Waals surface area contributed by atoms with Crippen LogP contribution in [-0.2, 0) is 5.54 Å². The third-order valence-corrected chi connectivity index (χ3v) is 4.66. The van der Waals surface area contributed by atoms with Crippen molar-refractivity contribution in [3.63, 3.8) is 0 Å². The molecular formula is C18H20N2S. The van der Waals surface area contributed by atoms with Crippen LogP contribution in [0.4, 0.5) is 0 Å². The van der Waals surface area contributed by atoms with Crippen LogP contribution < -0.4 is 5.32 Å². The normalized spacial score (nSPS) is 13.4. The van der Waals surface area contributed by atoms with Gasteiger partial charge in [-0.25, -0.2) is 0 Å². The largest absolute Gasteiger partial charge is 0.299 e. The molecule has 0 saturated heterocycles. The van der Waals surface area contributed by atoms with Crippen molar-refractivity contribution in [2.24, 2.45) is 0 Å². The fraction of sp³-hybridized carbons (Fsp3) is 0.278. The van der Waals surface area contributed by atoms with Gasteiger partial charge in [0.1, 0.15) is 5.54 Å². The molecule has 0 radical (unpaired) electrons. The molecule has 0 saturated carbocycles. The van der Waals surface area contributed by atoms with Gasteiger partial charge in [-0.05, 0) is 38.1 Å². The first-order chi connectivity index (χ1) is 10.2. The number of hydrogen-bond donors (Lipinski definition) is 1. The lowest BCUT2D eigenvalue weighted by Gasteiger charge is -2.26. The first kappa shape index (κ1) is 15.6. The molecule has 2 aromatic carbocycles. The van der Waals surface area contributed by atoms with Crippen molar-refractivity contribution in [3.8, 4) is 6.07 Å². The highest BCUT2D eigenvalue weighted by Crippen LogP contribution is 2.28. The van der Waals surface area contributed by atoms with Crippen molar-refractivity contribution in [2.45, 2.75) is 23.8 Å². The summed E-state index contributed by atoms with van der Waals surface area (Å²) in [7, 11) is 1.85.